The number of aromatic nitrogens is 4. The molecule has 9 nitrogen and oxygen atoms in total. The number of hydrogen-bond acceptors (Lipinski definition) is 7. The Hall–Kier alpha value is -3.41. The van der Waals surface area contributed by atoms with Crippen LogP contribution in [0.25, 0.3) is 5.57 Å². The van der Waals surface area contributed by atoms with Gasteiger partial charge in [-0.25, -0.2) is 0 Å². The second-order valence-electron chi connectivity index (χ2n) is 4.15. The summed E-state index contributed by atoms with van der Waals surface area (Å²) in [5, 5.41) is 33.9. The van der Waals surface area contributed by atoms with Crippen molar-refractivity contribution in [2.75, 3.05) is 12.4 Å². The lowest BCUT2D eigenvalue weighted by atomic mass is 10.1. The van der Waals surface area contributed by atoms with Crippen LogP contribution in [0.2, 0.25) is 0 Å². The van der Waals surface area contributed by atoms with Crippen LogP contribution < -0.4 is 10.1 Å². The smallest absolute Gasteiger partial charge is 0.307 e. The van der Waals surface area contributed by atoms with Crippen LogP contribution in [0.4, 0.5) is 5.69 Å². The number of carbonyl (C=O) groups is 1. The van der Waals surface area contributed by atoms with Gasteiger partial charge in [0.1, 0.15) is 17.4 Å². The van der Waals surface area contributed by atoms with Crippen molar-refractivity contribution in [3.8, 4) is 11.8 Å². The number of hydrogen-bond donors (Lipinski definition) is 3. The number of methoxy groups -OCH3 is 1. The van der Waals surface area contributed by atoms with Crippen molar-refractivity contribution in [1.82, 2.24) is 20.6 Å². The van der Waals surface area contributed by atoms with Gasteiger partial charge >= 0.3 is 5.97 Å². The van der Waals surface area contributed by atoms with Crippen molar-refractivity contribution < 1.29 is 14.6 Å². The number of rotatable bonds is 6. The fourth-order valence-corrected chi connectivity index (χ4v) is 1.73. The van der Waals surface area contributed by atoms with Gasteiger partial charge in [0.05, 0.1) is 19.2 Å². The summed E-state index contributed by atoms with van der Waals surface area (Å²) >= 11 is 0. The SMILES string of the molecule is COc1ccc(CC(=O)O)cc1NC=C(C#N)c1nn[nH]n1. The molecule has 1 heterocycles. The van der Waals surface area contributed by atoms with Crippen LogP contribution in [0.15, 0.2) is 24.4 Å². The quantitative estimate of drug-likeness (QED) is 0.666. The molecule has 1 aromatic carbocycles. The zero-order chi connectivity index (χ0) is 15.9. The molecule has 0 atom stereocenters. The maximum Gasteiger partial charge on any atom is 0.307 e. The molecular weight excluding hydrogens is 288 g/mol. The fourth-order valence-electron chi connectivity index (χ4n) is 1.73. The van der Waals surface area contributed by atoms with Crippen molar-refractivity contribution in [1.29, 1.82) is 5.26 Å². The summed E-state index contributed by atoms with van der Waals surface area (Å²) in [6.07, 6.45) is 1.28. The van der Waals surface area contributed by atoms with Gasteiger partial charge in [-0.3, -0.25) is 4.79 Å². The molecule has 0 radical (unpaired) electrons. The third-order valence-electron chi connectivity index (χ3n) is 2.70. The molecule has 0 saturated carbocycles. The topological polar surface area (TPSA) is 137 Å². The number of nitrogens with zero attached hydrogens (tertiary/aromatic N) is 4. The number of anilines is 1. The summed E-state index contributed by atoms with van der Waals surface area (Å²) in [5.41, 5.74) is 1.29. The number of nitriles is 1. The lowest BCUT2D eigenvalue weighted by Gasteiger charge is -2.10. The fraction of sp³-hybridized carbons (Fsp3) is 0.154. The Labute approximate surface area is 125 Å². The predicted molar refractivity (Wildman–Crippen MR) is 75.7 cm³/mol. The molecule has 2 aromatic rings. The number of aliphatic carboxylic acids is 1. The number of nitrogens with one attached hydrogen (secondary N) is 2. The molecule has 0 bridgehead atoms. The zero-order valence-corrected chi connectivity index (χ0v) is 11.6. The van der Waals surface area contributed by atoms with E-state index in [1.165, 1.54) is 13.3 Å². The van der Waals surface area contributed by atoms with Gasteiger partial charge in [0.15, 0.2) is 0 Å². The molecule has 112 valence electrons. The van der Waals surface area contributed by atoms with E-state index in [0.29, 0.717) is 17.0 Å². The molecule has 0 spiro atoms. The van der Waals surface area contributed by atoms with Crippen molar-refractivity contribution in [3.05, 3.63) is 35.8 Å². The summed E-state index contributed by atoms with van der Waals surface area (Å²) in [4.78, 5) is 10.8. The van der Waals surface area contributed by atoms with Crippen molar-refractivity contribution in [2.45, 2.75) is 6.42 Å². The van der Waals surface area contributed by atoms with Crippen LogP contribution >= 0.6 is 0 Å². The Morgan fingerprint density at radius 3 is 3.00 bits per heavy atom. The molecular formula is C13H12N6O3. The number of ether oxygens (including phenoxy) is 1. The van der Waals surface area contributed by atoms with E-state index in [1.807, 2.05) is 6.07 Å². The molecule has 0 aliphatic carbocycles. The Bertz CT molecular complexity index is 733. The third kappa shape index (κ3) is 3.57. The van der Waals surface area contributed by atoms with Crippen LogP contribution in [-0.4, -0.2) is 38.8 Å². The van der Waals surface area contributed by atoms with Gasteiger partial charge < -0.3 is 15.2 Å². The van der Waals surface area contributed by atoms with Gasteiger partial charge in [0.25, 0.3) is 0 Å². The van der Waals surface area contributed by atoms with E-state index in [4.69, 9.17) is 15.1 Å². The van der Waals surface area contributed by atoms with E-state index in [1.54, 1.807) is 18.2 Å². The molecule has 1 aromatic heterocycles. The van der Waals surface area contributed by atoms with Gasteiger partial charge in [-0.05, 0) is 22.9 Å². The number of allylic oxidation sites excluding steroid dienone is 1. The highest BCUT2D eigenvalue weighted by Crippen LogP contribution is 2.26. The predicted octanol–water partition coefficient (Wildman–Crippen LogP) is 0.812. The molecule has 9 heteroatoms. The highest BCUT2D eigenvalue weighted by Gasteiger charge is 2.09. The molecule has 0 fully saturated rings. The van der Waals surface area contributed by atoms with E-state index < -0.39 is 5.97 Å². The lowest BCUT2D eigenvalue weighted by Crippen LogP contribution is -2.02. The van der Waals surface area contributed by atoms with Crippen molar-refractivity contribution in [3.63, 3.8) is 0 Å². The summed E-state index contributed by atoms with van der Waals surface area (Å²) in [7, 11) is 1.49. The van der Waals surface area contributed by atoms with Crippen LogP contribution in [0, 0.1) is 11.3 Å². The highest BCUT2D eigenvalue weighted by atomic mass is 16.5. The van der Waals surface area contributed by atoms with Gasteiger partial charge in [0.2, 0.25) is 5.82 Å². The summed E-state index contributed by atoms with van der Waals surface area (Å²) in [5.74, 6) is -0.275. The van der Waals surface area contributed by atoms with Crippen LogP contribution in [0.5, 0.6) is 5.75 Å². The maximum atomic E-state index is 10.8. The number of benzene rings is 1. The largest absolute Gasteiger partial charge is 0.495 e. The first-order valence-electron chi connectivity index (χ1n) is 6.13. The lowest BCUT2D eigenvalue weighted by molar-refractivity contribution is -0.136. The zero-order valence-electron chi connectivity index (χ0n) is 11.6. The molecule has 0 unspecified atom stereocenters. The van der Waals surface area contributed by atoms with E-state index >= 15 is 0 Å². The molecule has 0 saturated heterocycles. The highest BCUT2D eigenvalue weighted by molar-refractivity contribution is 5.76. The Kier molecular flexibility index (Phi) is 4.66. The van der Waals surface area contributed by atoms with Crippen LogP contribution in [-0.2, 0) is 11.2 Å². The van der Waals surface area contributed by atoms with E-state index in [2.05, 4.69) is 25.9 Å². The number of tetrazole rings is 1. The molecule has 3 N–H and O–H groups in total. The second kappa shape index (κ2) is 6.85. The Morgan fingerprint density at radius 2 is 2.41 bits per heavy atom. The monoisotopic (exact) mass is 300 g/mol. The molecule has 0 aliphatic heterocycles. The molecule has 0 amide bonds. The number of H-pyrrole nitrogens is 1. The van der Waals surface area contributed by atoms with Gasteiger partial charge in [-0.2, -0.15) is 10.5 Å². The summed E-state index contributed by atoms with van der Waals surface area (Å²) in [6, 6.07) is 6.88. The van der Waals surface area contributed by atoms with Crippen LogP contribution in [0.1, 0.15) is 11.4 Å². The maximum absolute atomic E-state index is 10.8. The molecule has 0 aliphatic rings. The van der Waals surface area contributed by atoms with Gasteiger partial charge in [-0.15, -0.1) is 10.2 Å². The molecule has 2 rings (SSSR count). The van der Waals surface area contributed by atoms with E-state index in [-0.39, 0.29) is 17.8 Å². The average molecular weight is 300 g/mol. The van der Waals surface area contributed by atoms with E-state index in [9.17, 15) is 4.79 Å². The number of carboxylic acids is 1. The number of aromatic amines is 1. The molecule has 22 heavy (non-hydrogen) atoms. The van der Waals surface area contributed by atoms with Gasteiger partial charge in [0, 0.05) is 6.20 Å². The third-order valence-corrected chi connectivity index (χ3v) is 2.70. The first kappa shape index (κ1) is 15.0. The van der Waals surface area contributed by atoms with Crippen molar-refractivity contribution >= 4 is 17.2 Å². The first-order valence-corrected chi connectivity index (χ1v) is 6.13. The Morgan fingerprint density at radius 1 is 1.59 bits per heavy atom. The Balaban J connectivity index is 2.27. The minimum Gasteiger partial charge on any atom is -0.495 e. The second-order valence-corrected chi connectivity index (χ2v) is 4.15. The summed E-state index contributed by atoms with van der Waals surface area (Å²) in [6.45, 7) is 0. The minimum absolute atomic E-state index is 0.113. The number of carboxylic acid groups (broad SMARTS) is 1. The standard InChI is InChI=1S/C13H12N6O3/c1-22-11-3-2-8(5-12(20)21)4-10(11)15-7-9(6-14)13-16-18-19-17-13/h2-4,7,15H,5H2,1H3,(H,20,21)(H,16,17,18,19). The minimum atomic E-state index is -0.934. The van der Waals surface area contributed by atoms with Gasteiger partial charge in [-0.1, -0.05) is 6.07 Å². The summed E-state index contributed by atoms with van der Waals surface area (Å²) < 4.78 is 5.19. The first-order chi connectivity index (χ1) is 10.6. The van der Waals surface area contributed by atoms with Crippen molar-refractivity contribution in [2.24, 2.45) is 0 Å². The van der Waals surface area contributed by atoms with Crippen LogP contribution in [0.3, 0.4) is 0 Å². The average Bonchev–Trinajstić information content (AvgIpc) is 3.02. The van der Waals surface area contributed by atoms with E-state index in [0.717, 1.165) is 0 Å². The normalized spacial score (nSPS) is 10.8.